The average molecular weight is 267 g/mol. The van der Waals surface area contributed by atoms with Crippen molar-refractivity contribution in [2.45, 2.75) is 6.42 Å². The molecule has 0 aliphatic carbocycles. The average Bonchev–Trinajstić information content (AvgIpc) is 2.47. The third kappa shape index (κ3) is 2.64. The maximum atomic E-state index is 12.4. The first-order chi connectivity index (χ1) is 9.65. The summed E-state index contributed by atoms with van der Waals surface area (Å²) in [6, 6.07) is 13.3. The standard InChI is InChI=1S/C16H13NO3/c1-2-7-12-10-6-11-14(15(12)17(19)20)16(18)13-8-4-3-5-9-13/h2-6,8-11H,1,7H2. The Morgan fingerprint density at radius 3 is 2.45 bits per heavy atom. The topological polar surface area (TPSA) is 60.2 Å². The van der Waals surface area contributed by atoms with Crippen LogP contribution in [0.25, 0.3) is 0 Å². The predicted molar refractivity (Wildman–Crippen MR) is 76.9 cm³/mol. The van der Waals surface area contributed by atoms with Gasteiger partial charge in [0.25, 0.3) is 5.69 Å². The number of carbonyl (C=O) groups is 1. The Balaban J connectivity index is 2.56. The molecule has 0 heterocycles. The normalized spacial score (nSPS) is 10.0. The Hall–Kier alpha value is -2.75. The van der Waals surface area contributed by atoms with Gasteiger partial charge in [0.2, 0.25) is 0 Å². The lowest BCUT2D eigenvalue weighted by atomic mass is 9.97. The van der Waals surface area contributed by atoms with Gasteiger partial charge in [0.1, 0.15) is 5.56 Å². The third-order valence-corrected chi connectivity index (χ3v) is 2.95. The molecule has 4 nitrogen and oxygen atoms in total. The van der Waals surface area contributed by atoms with Gasteiger partial charge in [0.15, 0.2) is 5.78 Å². The minimum Gasteiger partial charge on any atom is -0.288 e. The molecule has 2 rings (SSSR count). The summed E-state index contributed by atoms with van der Waals surface area (Å²) >= 11 is 0. The number of hydrogen-bond donors (Lipinski definition) is 0. The fraction of sp³-hybridized carbons (Fsp3) is 0.0625. The molecule has 0 bridgehead atoms. The molecule has 2 aromatic carbocycles. The summed E-state index contributed by atoms with van der Waals surface area (Å²) in [7, 11) is 0. The monoisotopic (exact) mass is 267 g/mol. The van der Waals surface area contributed by atoms with Crippen molar-refractivity contribution in [2.75, 3.05) is 0 Å². The first-order valence-electron chi connectivity index (χ1n) is 6.12. The van der Waals surface area contributed by atoms with Crippen LogP contribution in [0.1, 0.15) is 21.5 Å². The number of nitro groups is 1. The Morgan fingerprint density at radius 1 is 1.15 bits per heavy atom. The summed E-state index contributed by atoms with van der Waals surface area (Å²) in [6.07, 6.45) is 1.94. The van der Waals surface area contributed by atoms with Crippen LogP contribution in [-0.2, 0) is 6.42 Å². The van der Waals surface area contributed by atoms with Gasteiger partial charge in [0.05, 0.1) is 4.92 Å². The molecule has 0 radical (unpaired) electrons. The van der Waals surface area contributed by atoms with Gasteiger partial charge in [-0.15, -0.1) is 6.58 Å². The van der Waals surface area contributed by atoms with E-state index in [1.54, 1.807) is 48.5 Å². The van der Waals surface area contributed by atoms with E-state index in [2.05, 4.69) is 6.58 Å². The van der Waals surface area contributed by atoms with Crippen molar-refractivity contribution < 1.29 is 9.72 Å². The number of benzene rings is 2. The summed E-state index contributed by atoms with van der Waals surface area (Å²) in [5.41, 5.74) is 0.903. The van der Waals surface area contributed by atoms with Gasteiger partial charge in [-0.3, -0.25) is 14.9 Å². The molecule has 0 saturated carbocycles. The lowest BCUT2D eigenvalue weighted by molar-refractivity contribution is -0.385. The van der Waals surface area contributed by atoms with Crippen molar-refractivity contribution >= 4 is 11.5 Å². The summed E-state index contributed by atoms with van der Waals surface area (Å²) in [4.78, 5) is 23.2. The first kappa shape index (κ1) is 13.7. The zero-order valence-electron chi connectivity index (χ0n) is 10.8. The van der Waals surface area contributed by atoms with E-state index in [0.717, 1.165) is 0 Å². The van der Waals surface area contributed by atoms with E-state index in [9.17, 15) is 14.9 Å². The van der Waals surface area contributed by atoms with Gasteiger partial charge >= 0.3 is 0 Å². The van der Waals surface area contributed by atoms with E-state index in [-0.39, 0.29) is 17.0 Å². The highest BCUT2D eigenvalue weighted by Crippen LogP contribution is 2.26. The van der Waals surface area contributed by atoms with Crippen LogP contribution in [0, 0.1) is 10.1 Å². The summed E-state index contributed by atoms with van der Waals surface area (Å²) in [5.74, 6) is -0.344. The van der Waals surface area contributed by atoms with Gasteiger partial charge in [-0.05, 0) is 12.5 Å². The van der Waals surface area contributed by atoms with Crippen LogP contribution in [-0.4, -0.2) is 10.7 Å². The molecule has 20 heavy (non-hydrogen) atoms. The Labute approximate surface area is 116 Å². The number of nitro benzene ring substituents is 1. The highest BCUT2D eigenvalue weighted by molar-refractivity contribution is 6.11. The van der Waals surface area contributed by atoms with Crippen molar-refractivity contribution in [1.82, 2.24) is 0 Å². The summed E-state index contributed by atoms with van der Waals surface area (Å²) in [5, 5.41) is 11.3. The number of allylic oxidation sites excluding steroid dienone is 1. The molecular weight excluding hydrogens is 254 g/mol. The molecule has 2 aromatic rings. The molecule has 0 saturated heterocycles. The van der Waals surface area contributed by atoms with Gasteiger partial charge in [-0.1, -0.05) is 48.5 Å². The molecule has 0 spiro atoms. The molecule has 0 atom stereocenters. The Morgan fingerprint density at radius 2 is 1.85 bits per heavy atom. The SMILES string of the molecule is C=CCc1cccc(C(=O)c2ccccc2)c1[N+](=O)[O-]. The van der Waals surface area contributed by atoms with Crippen molar-refractivity contribution in [3.8, 4) is 0 Å². The number of rotatable bonds is 5. The van der Waals surface area contributed by atoms with E-state index in [0.29, 0.717) is 17.5 Å². The predicted octanol–water partition coefficient (Wildman–Crippen LogP) is 3.55. The van der Waals surface area contributed by atoms with E-state index in [1.807, 2.05) is 0 Å². The summed E-state index contributed by atoms with van der Waals surface area (Å²) in [6.45, 7) is 3.58. The lowest BCUT2D eigenvalue weighted by Crippen LogP contribution is -2.07. The molecule has 0 aliphatic rings. The van der Waals surface area contributed by atoms with Crippen LogP contribution >= 0.6 is 0 Å². The van der Waals surface area contributed by atoms with Gasteiger partial charge in [-0.25, -0.2) is 0 Å². The Kier molecular flexibility index (Phi) is 4.05. The number of para-hydroxylation sites is 1. The lowest BCUT2D eigenvalue weighted by Gasteiger charge is -2.06. The van der Waals surface area contributed by atoms with Crippen molar-refractivity contribution in [1.29, 1.82) is 0 Å². The van der Waals surface area contributed by atoms with Crippen LogP contribution in [0.4, 0.5) is 5.69 Å². The maximum absolute atomic E-state index is 12.4. The van der Waals surface area contributed by atoms with Crippen molar-refractivity contribution in [3.05, 3.63) is 88.0 Å². The summed E-state index contributed by atoms with van der Waals surface area (Å²) < 4.78 is 0. The highest BCUT2D eigenvalue weighted by atomic mass is 16.6. The fourth-order valence-electron chi connectivity index (χ4n) is 2.06. The minimum atomic E-state index is -0.505. The largest absolute Gasteiger partial charge is 0.288 e. The first-order valence-corrected chi connectivity index (χ1v) is 6.12. The number of ketones is 1. The van der Waals surface area contributed by atoms with Crippen LogP contribution in [0.5, 0.6) is 0 Å². The minimum absolute atomic E-state index is 0.112. The second-order valence-corrected chi connectivity index (χ2v) is 4.26. The van der Waals surface area contributed by atoms with Gasteiger partial charge < -0.3 is 0 Å². The van der Waals surface area contributed by atoms with Crippen molar-refractivity contribution in [3.63, 3.8) is 0 Å². The zero-order chi connectivity index (χ0) is 14.5. The van der Waals surface area contributed by atoms with E-state index in [4.69, 9.17) is 0 Å². The number of hydrogen-bond acceptors (Lipinski definition) is 3. The quantitative estimate of drug-likeness (QED) is 0.360. The zero-order valence-corrected chi connectivity index (χ0v) is 10.8. The molecule has 0 amide bonds. The molecule has 0 aromatic heterocycles. The Bertz CT molecular complexity index is 663. The smallest absolute Gasteiger partial charge is 0.284 e. The number of nitrogens with zero attached hydrogens (tertiary/aromatic N) is 1. The van der Waals surface area contributed by atoms with E-state index < -0.39 is 4.92 Å². The second-order valence-electron chi connectivity index (χ2n) is 4.26. The van der Waals surface area contributed by atoms with E-state index in [1.165, 1.54) is 6.07 Å². The molecule has 0 aliphatic heterocycles. The van der Waals surface area contributed by atoms with E-state index >= 15 is 0 Å². The molecular formula is C16H13NO3. The molecule has 0 fully saturated rings. The fourth-order valence-corrected chi connectivity index (χ4v) is 2.06. The van der Waals surface area contributed by atoms with Crippen molar-refractivity contribution in [2.24, 2.45) is 0 Å². The molecule has 0 N–H and O–H groups in total. The van der Waals surface area contributed by atoms with Crippen LogP contribution in [0.3, 0.4) is 0 Å². The molecule has 4 heteroatoms. The molecule has 0 unspecified atom stereocenters. The second kappa shape index (κ2) is 5.93. The van der Waals surface area contributed by atoms with Gasteiger partial charge in [-0.2, -0.15) is 0 Å². The van der Waals surface area contributed by atoms with Gasteiger partial charge in [0, 0.05) is 11.1 Å². The third-order valence-electron chi connectivity index (χ3n) is 2.95. The highest BCUT2D eigenvalue weighted by Gasteiger charge is 2.24. The molecule has 100 valence electrons. The number of carbonyl (C=O) groups excluding carboxylic acids is 1. The van der Waals surface area contributed by atoms with Crippen LogP contribution in [0.15, 0.2) is 61.2 Å². The van der Waals surface area contributed by atoms with Crippen LogP contribution in [0.2, 0.25) is 0 Å². The van der Waals surface area contributed by atoms with Crippen LogP contribution < -0.4 is 0 Å². The maximum Gasteiger partial charge on any atom is 0.284 e.